The summed E-state index contributed by atoms with van der Waals surface area (Å²) >= 11 is 0. The molecule has 4 saturated carbocycles. The molecule has 0 aromatic heterocycles. The lowest BCUT2D eigenvalue weighted by atomic mass is 9.44. The highest BCUT2D eigenvalue weighted by atomic mass is 16.4. The maximum Gasteiger partial charge on any atom is 0.307 e. The van der Waals surface area contributed by atoms with Crippen molar-refractivity contribution in [3.05, 3.63) is 0 Å². The molecule has 25 heavy (non-hydrogen) atoms. The fraction of sp³-hybridized carbons (Fsp3) is 0.905. The van der Waals surface area contributed by atoms with Gasteiger partial charge in [-0.2, -0.15) is 0 Å². The fourth-order valence-electron chi connectivity index (χ4n) is 8.21. The number of hydrogen-bond acceptors (Lipinski definition) is 2. The van der Waals surface area contributed by atoms with Gasteiger partial charge in [0.2, 0.25) is 5.91 Å². The van der Waals surface area contributed by atoms with E-state index in [-0.39, 0.29) is 22.7 Å². The van der Waals surface area contributed by atoms with Crippen molar-refractivity contribution in [1.82, 2.24) is 5.32 Å². The van der Waals surface area contributed by atoms with Crippen molar-refractivity contribution in [1.29, 1.82) is 0 Å². The van der Waals surface area contributed by atoms with E-state index in [1.807, 2.05) is 0 Å². The number of carboxylic acid groups (broad SMARTS) is 1. The van der Waals surface area contributed by atoms with Crippen molar-refractivity contribution in [2.75, 3.05) is 0 Å². The topological polar surface area (TPSA) is 66.4 Å². The molecule has 2 N–H and O–H groups in total. The molecule has 138 valence electrons. The molecule has 0 radical (unpaired) electrons. The first-order valence-electron chi connectivity index (χ1n) is 10.3. The number of fused-ring (bicyclic) bond motifs is 6. The van der Waals surface area contributed by atoms with Crippen LogP contribution in [0.1, 0.15) is 71.6 Å². The molecule has 0 bridgehead atoms. The summed E-state index contributed by atoms with van der Waals surface area (Å²) in [6.45, 7) is 4.72. The van der Waals surface area contributed by atoms with Gasteiger partial charge in [-0.3, -0.25) is 9.59 Å². The number of amides is 1. The van der Waals surface area contributed by atoms with Crippen LogP contribution in [0.4, 0.5) is 0 Å². The van der Waals surface area contributed by atoms with E-state index in [1.165, 1.54) is 19.3 Å². The fourth-order valence-corrected chi connectivity index (χ4v) is 8.21. The Kier molecular flexibility index (Phi) is 3.10. The smallest absolute Gasteiger partial charge is 0.307 e. The van der Waals surface area contributed by atoms with E-state index < -0.39 is 5.97 Å². The first-order chi connectivity index (χ1) is 11.8. The van der Waals surface area contributed by atoms with Gasteiger partial charge in [-0.1, -0.05) is 13.8 Å². The first kappa shape index (κ1) is 16.1. The zero-order chi connectivity index (χ0) is 17.6. The second kappa shape index (κ2) is 4.80. The Morgan fingerprint density at radius 3 is 2.44 bits per heavy atom. The van der Waals surface area contributed by atoms with Gasteiger partial charge in [-0.05, 0) is 85.4 Å². The summed E-state index contributed by atoms with van der Waals surface area (Å²) in [6.07, 6.45) is 9.60. The molecule has 1 heterocycles. The number of rotatable bonds is 1. The Balaban J connectivity index is 1.52. The molecule has 5 fully saturated rings. The van der Waals surface area contributed by atoms with Crippen LogP contribution in [0, 0.1) is 39.9 Å². The van der Waals surface area contributed by atoms with Crippen molar-refractivity contribution >= 4 is 11.9 Å². The van der Waals surface area contributed by atoms with Crippen LogP contribution in [-0.4, -0.2) is 23.0 Å². The van der Waals surface area contributed by atoms with Gasteiger partial charge in [0.1, 0.15) is 0 Å². The summed E-state index contributed by atoms with van der Waals surface area (Å²) in [4.78, 5) is 24.0. The largest absolute Gasteiger partial charge is 0.481 e. The Bertz CT molecular complexity index is 641. The predicted molar refractivity (Wildman–Crippen MR) is 93.7 cm³/mol. The average Bonchev–Trinajstić information content (AvgIpc) is 3.22. The van der Waals surface area contributed by atoms with E-state index in [2.05, 4.69) is 19.2 Å². The second-order valence-corrected chi connectivity index (χ2v) is 10.5. The monoisotopic (exact) mass is 345 g/mol. The Labute approximate surface area is 150 Å². The number of carbonyl (C=O) groups excluding carboxylic acids is 1. The third kappa shape index (κ3) is 1.94. The van der Waals surface area contributed by atoms with Gasteiger partial charge in [0.05, 0.1) is 5.92 Å². The quantitative estimate of drug-likeness (QED) is 0.763. The van der Waals surface area contributed by atoms with Crippen molar-refractivity contribution < 1.29 is 14.7 Å². The van der Waals surface area contributed by atoms with E-state index in [9.17, 15) is 14.7 Å². The van der Waals surface area contributed by atoms with Crippen LogP contribution in [0.2, 0.25) is 0 Å². The minimum atomic E-state index is -0.575. The van der Waals surface area contributed by atoms with Crippen LogP contribution >= 0.6 is 0 Å². The normalized spacial score (nSPS) is 52.7. The third-order valence-corrected chi connectivity index (χ3v) is 9.58. The lowest BCUT2D eigenvalue weighted by Gasteiger charge is -2.62. The highest BCUT2D eigenvalue weighted by Gasteiger charge is 2.69. The number of piperidine rings is 1. The summed E-state index contributed by atoms with van der Waals surface area (Å²) in [5, 5.41) is 13.2. The van der Waals surface area contributed by atoms with Crippen LogP contribution in [0.3, 0.4) is 0 Å². The lowest BCUT2D eigenvalue weighted by molar-refractivity contribution is -0.157. The number of hydrogen-bond donors (Lipinski definition) is 2. The molecule has 4 aliphatic carbocycles. The molecule has 1 spiro atoms. The molecule has 1 saturated heterocycles. The van der Waals surface area contributed by atoms with Gasteiger partial charge in [-0.15, -0.1) is 0 Å². The van der Waals surface area contributed by atoms with Gasteiger partial charge in [0, 0.05) is 12.5 Å². The summed E-state index contributed by atoms with van der Waals surface area (Å²) in [5.74, 6) is 1.43. The molecule has 0 aromatic rings. The number of aliphatic carboxylic acids is 1. The number of carbonyl (C=O) groups is 2. The van der Waals surface area contributed by atoms with Crippen molar-refractivity contribution in [2.24, 2.45) is 39.9 Å². The van der Waals surface area contributed by atoms with Crippen LogP contribution in [-0.2, 0) is 9.59 Å². The lowest BCUT2D eigenvalue weighted by Crippen LogP contribution is -2.65. The Morgan fingerprint density at radius 2 is 1.76 bits per heavy atom. The molecule has 7 atom stereocenters. The van der Waals surface area contributed by atoms with Crippen LogP contribution < -0.4 is 5.32 Å². The third-order valence-electron chi connectivity index (χ3n) is 9.58. The summed E-state index contributed by atoms with van der Waals surface area (Å²) in [5.41, 5.74) is 0.533. The first-order valence-corrected chi connectivity index (χ1v) is 10.3. The number of carboxylic acids is 1. The predicted octanol–water partition coefficient (Wildman–Crippen LogP) is 3.60. The molecular weight excluding hydrogens is 314 g/mol. The molecule has 1 aliphatic heterocycles. The zero-order valence-electron chi connectivity index (χ0n) is 15.5. The minimum absolute atomic E-state index is 0.00973. The number of nitrogens with one attached hydrogen (secondary N) is 1. The van der Waals surface area contributed by atoms with Crippen LogP contribution in [0.25, 0.3) is 0 Å². The molecule has 0 aromatic carbocycles. The van der Waals surface area contributed by atoms with E-state index in [4.69, 9.17) is 0 Å². The van der Waals surface area contributed by atoms with Gasteiger partial charge in [0.15, 0.2) is 0 Å². The van der Waals surface area contributed by atoms with E-state index >= 15 is 0 Å². The molecule has 5 aliphatic rings. The van der Waals surface area contributed by atoms with Gasteiger partial charge in [0.25, 0.3) is 0 Å². The Hall–Kier alpha value is -1.06. The summed E-state index contributed by atoms with van der Waals surface area (Å²) in [6, 6.07) is 0.364. The highest BCUT2D eigenvalue weighted by Crippen LogP contribution is 2.72. The van der Waals surface area contributed by atoms with Crippen molar-refractivity contribution in [3.8, 4) is 0 Å². The molecular formula is C21H31NO3. The van der Waals surface area contributed by atoms with Gasteiger partial charge < -0.3 is 10.4 Å². The SMILES string of the molecule is C[C@]12CCC(=O)NC1C1(CC1)CC1C2CC[C@@]2(C)C1CC[C@@H]2C(=O)O. The van der Waals surface area contributed by atoms with Gasteiger partial charge >= 0.3 is 5.97 Å². The second-order valence-electron chi connectivity index (χ2n) is 10.5. The maximum absolute atomic E-state index is 12.1. The molecule has 4 nitrogen and oxygen atoms in total. The molecule has 4 unspecified atom stereocenters. The standard InChI is InChI=1S/C21H31NO3/c1-19-7-5-14-12(13(19)3-4-15(19)17(24)25)11-21(9-10-21)18-20(14,2)8-6-16(23)22-18/h12-15,18H,3-11H2,1-2H3,(H,22,23)(H,24,25)/t12?,13?,14?,15-,18?,19+,20-/m1/s1. The van der Waals surface area contributed by atoms with Crippen LogP contribution in [0.5, 0.6) is 0 Å². The minimum Gasteiger partial charge on any atom is -0.481 e. The molecule has 1 amide bonds. The maximum atomic E-state index is 12.1. The van der Waals surface area contributed by atoms with E-state index in [0.717, 1.165) is 32.1 Å². The molecule has 4 heteroatoms. The van der Waals surface area contributed by atoms with Crippen molar-refractivity contribution in [3.63, 3.8) is 0 Å². The highest BCUT2D eigenvalue weighted by molar-refractivity contribution is 5.77. The Morgan fingerprint density at radius 1 is 1.04 bits per heavy atom. The van der Waals surface area contributed by atoms with Crippen LogP contribution in [0.15, 0.2) is 0 Å². The van der Waals surface area contributed by atoms with Gasteiger partial charge in [-0.25, -0.2) is 0 Å². The zero-order valence-corrected chi connectivity index (χ0v) is 15.5. The van der Waals surface area contributed by atoms with Crippen molar-refractivity contribution in [2.45, 2.75) is 77.7 Å². The molecule has 5 rings (SSSR count). The van der Waals surface area contributed by atoms with E-state index in [0.29, 0.717) is 35.6 Å². The summed E-state index contributed by atoms with van der Waals surface area (Å²) < 4.78 is 0. The van der Waals surface area contributed by atoms with E-state index in [1.54, 1.807) is 0 Å². The average molecular weight is 345 g/mol. The summed E-state index contributed by atoms with van der Waals surface area (Å²) in [7, 11) is 0.